The van der Waals surface area contributed by atoms with Crippen LogP contribution in [0.5, 0.6) is 0 Å². The van der Waals surface area contributed by atoms with E-state index in [0.29, 0.717) is 16.9 Å². The molecule has 0 saturated heterocycles. The van der Waals surface area contributed by atoms with Crippen LogP contribution in [0.4, 0.5) is 4.79 Å². The van der Waals surface area contributed by atoms with Crippen molar-refractivity contribution in [1.82, 2.24) is 9.55 Å². The molecule has 0 saturated carbocycles. The molecule has 0 aliphatic rings. The Kier molecular flexibility index (Phi) is 4.09. The van der Waals surface area contributed by atoms with Gasteiger partial charge in [-0.1, -0.05) is 36.3 Å². The first-order valence-electron chi connectivity index (χ1n) is 7.72. The van der Waals surface area contributed by atoms with E-state index in [1.54, 1.807) is 0 Å². The minimum atomic E-state index is -0.591. The molecule has 0 unspecified atom stereocenters. The second kappa shape index (κ2) is 6.21. The number of benzene rings is 2. The zero-order chi connectivity index (χ0) is 17.2. The van der Waals surface area contributed by atoms with E-state index in [1.165, 1.54) is 4.57 Å². The molecule has 1 heterocycles. The van der Waals surface area contributed by atoms with Gasteiger partial charge in [-0.05, 0) is 51.0 Å². The summed E-state index contributed by atoms with van der Waals surface area (Å²) in [5.74, 6) is 6.40. The van der Waals surface area contributed by atoms with Crippen molar-refractivity contribution in [3.63, 3.8) is 0 Å². The lowest BCUT2D eigenvalue weighted by atomic mass is 10.2. The molecule has 0 radical (unpaired) electrons. The van der Waals surface area contributed by atoms with Crippen LogP contribution in [0.25, 0.3) is 11.0 Å². The number of hydrogen-bond acceptors (Lipinski definition) is 3. The van der Waals surface area contributed by atoms with Gasteiger partial charge in [-0.15, -0.1) is 0 Å². The fourth-order valence-electron chi connectivity index (χ4n) is 2.25. The summed E-state index contributed by atoms with van der Waals surface area (Å²) in [5, 5.41) is 0. The van der Waals surface area contributed by atoms with Gasteiger partial charge in [0.15, 0.2) is 5.82 Å². The number of imidazole rings is 1. The molecule has 0 aliphatic carbocycles. The Morgan fingerprint density at radius 3 is 2.38 bits per heavy atom. The summed E-state index contributed by atoms with van der Waals surface area (Å²) in [7, 11) is 0. The van der Waals surface area contributed by atoms with Gasteiger partial charge in [0.1, 0.15) is 5.60 Å². The lowest BCUT2D eigenvalue weighted by Gasteiger charge is -2.19. The van der Waals surface area contributed by atoms with E-state index < -0.39 is 11.7 Å². The van der Waals surface area contributed by atoms with E-state index in [0.717, 1.165) is 5.56 Å². The Morgan fingerprint density at radius 2 is 1.67 bits per heavy atom. The number of hydrogen-bond donors (Lipinski definition) is 0. The Morgan fingerprint density at radius 1 is 1.00 bits per heavy atom. The van der Waals surface area contributed by atoms with Gasteiger partial charge in [0.05, 0.1) is 11.0 Å². The number of aromatic nitrogens is 2. The van der Waals surface area contributed by atoms with E-state index in [9.17, 15) is 4.79 Å². The maximum Gasteiger partial charge on any atom is 0.421 e. The number of ether oxygens (including phenoxy) is 1. The van der Waals surface area contributed by atoms with Crippen LogP contribution in [-0.4, -0.2) is 21.2 Å². The molecule has 2 aromatic carbocycles. The van der Waals surface area contributed by atoms with Crippen molar-refractivity contribution in [2.45, 2.75) is 26.4 Å². The monoisotopic (exact) mass is 318 g/mol. The zero-order valence-corrected chi connectivity index (χ0v) is 13.9. The zero-order valence-electron chi connectivity index (χ0n) is 13.9. The Labute approximate surface area is 141 Å². The van der Waals surface area contributed by atoms with Crippen molar-refractivity contribution in [3.8, 4) is 11.8 Å². The molecule has 0 aliphatic heterocycles. The van der Waals surface area contributed by atoms with Gasteiger partial charge in [-0.3, -0.25) is 0 Å². The minimum absolute atomic E-state index is 0.370. The molecular weight excluding hydrogens is 300 g/mol. The van der Waals surface area contributed by atoms with Crippen molar-refractivity contribution < 1.29 is 9.53 Å². The molecule has 3 rings (SSSR count). The summed E-state index contributed by atoms with van der Waals surface area (Å²) in [6, 6.07) is 17.0. The molecule has 1 aromatic heterocycles. The molecular formula is C20H18N2O2. The molecule has 0 bridgehead atoms. The molecule has 0 N–H and O–H groups in total. The Balaban J connectivity index is 2.09. The standard InChI is InChI=1S/C20H18N2O2/c1-20(2,3)24-19(23)22-17-12-8-7-11-16(17)21-18(22)14-13-15-9-5-4-6-10-15/h4-12H,1-3H3. The number of rotatable bonds is 0. The van der Waals surface area contributed by atoms with Gasteiger partial charge < -0.3 is 4.74 Å². The number of carbonyl (C=O) groups excluding carboxylic acids is 1. The average molecular weight is 318 g/mol. The highest BCUT2D eigenvalue weighted by Crippen LogP contribution is 2.18. The largest absolute Gasteiger partial charge is 0.443 e. The second-order valence-electron chi connectivity index (χ2n) is 6.36. The molecule has 4 heteroatoms. The van der Waals surface area contributed by atoms with Crippen LogP contribution in [0.2, 0.25) is 0 Å². The number of para-hydroxylation sites is 2. The molecule has 0 amide bonds. The average Bonchev–Trinajstić information content (AvgIpc) is 2.91. The molecule has 120 valence electrons. The lowest BCUT2D eigenvalue weighted by Crippen LogP contribution is -2.27. The number of nitrogens with zero attached hydrogens (tertiary/aromatic N) is 2. The molecule has 24 heavy (non-hydrogen) atoms. The highest BCUT2D eigenvalue weighted by molar-refractivity contribution is 5.88. The maximum atomic E-state index is 12.6. The van der Waals surface area contributed by atoms with Crippen LogP contribution in [0.1, 0.15) is 32.2 Å². The molecule has 0 fully saturated rings. The van der Waals surface area contributed by atoms with E-state index in [4.69, 9.17) is 4.74 Å². The normalized spacial score (nSPS) is 11.0. The van der Waals surface area contributed by atoms with E-state index in [1.807, 2.05) is 75.4 Å². The maximum absolute atomic E-state index is 12.6. The van der Waals surface area contributed by atoms with E-state index in [-0.39, 0.29) is 0 Å². The van der Waals surface area contributed by atoms with Crippen LogP contribution in [-0.2, 0) is 4.74 Å². The van der Waals surface area contributed by atoms with Crippen LogP contribution >= 0.6 is 0 Å². The Bertz CT molecular complexity index is 938. The summed E-state index contributed by atoms with van der Waals surface area (Å²) in [4.78, 5) is 17.1. The third kappa shape index (κ3) is 3.47. The minimum Gasteiger partial charge on any atom is -0.443 e. The predicted molar refractivity (Wildman–Crippen MR) is 93.8 cm³/mol. The van der Waals surface area contributed by atoms with Crippen LogP contribution < -0.4 is 0 Å². The third-order valence-electron chi connectivity index (χ3n) is 3.23. The van der Waals surface area contributed by atoms with Gasteiger partial charge in [0.2, 0.25) is 0 Å². The van der Waals surface area contributed by atoms with Crippen LogP contribution in [0, 0.1) is 11.8 Å². The SMILES string of the molecule is CC(C)(C)OC(=O)n1c(C#Cc2ccccc2)nc2ccccc21. The summed E-state index contributed by atoms with van der Waals surface area (Å²) < 4.78 is 6.93. The van der Waals surface area contributed by atoms with Crippen molar-refractivity contribution in [2.24, 2.45) is 0 Å². The summed E-state index contributed by atoms with van der Waals surface area (Å²) in [5.41, 5.74) is 1.66. The number of carbonyl (C=O) groups is 1. The predicted octanol–water partition coefficient (Wildman–Crippen LogP) is 4.22. The van der Waals surface area contributed by atoms with Gasteiger partial charge in [0.25, 0.3) is 0 Å². The summed E-state index contributed by atoms with van der Waals surface area (Å²) >= 11 is 0. The van der Waals surface area contributed by atoms with Crippen molar-refractivity contribution in [1.29, 1.82) is 0 Å². The van der Waals surface area contributed by atoms with E-state index >= 15 is 0 Å². The Hall–Kier alpha value is -3.06. The summed E-state index contributed by atoms with van der Waals surface area (Å²) in [6.07, 6.45) is -0.478. The highest BCUT2D eigenvalue weighted by atomic mass is 16.6. The van der Waals surface area contributed by atoms with Gasteiger partial charge in [0, 0.05) is 5.56 Å². The molecule has 4 nitrogen and oxygen atoms in total. The quantitative estimate of drug-likeness (QED) is 0.583. The van der Waals surface area contributed by atoms with Gasteiger partial charge in [-0.2, -0.15) is 0 Å². The van der Waals surface area contributed by atoms with Crippen LogP contribution in [0.3, 0.4) is 0 Å². The van der Waals surface area contributed by atoms with Crippen LogP contribution in [0.15, 0.2) is 54.6 Å². The first-order chi connectivity index (χ1) is 11.4. The van der Waals surface area contributed by atoms with Gasteiger partial charge in [-0.25, -0.2) is 14.3 Å². The van der Waals surface area contributed by atoms with Crippen molar-refractivity contribution in [3.05, 3.63) is 66.0 Å². The second-order valence-corrected chi connectivity index (χ2v) is 6.36. The summed E-state index contributed by atoms with van der Waals surface area (Å²) in [6.45, 7) is 5.50. The fourth-order valence-corrected chi connectivity index (χ4v) is 2.25. The van der Waals surface area contributed by atoms with Crippen molar-refractivity contribution >= 4 is 17.1 Å². The fraction of sp³-hybridized carbons (Fsp3) is 0.200. The highest BCUT2D eigenvalue weighted by Gasteiger charge is 2.22. The third-order valence-corrected chi connectivity index (χ3v) is 3.23. The van der Waals surface area contributed by atoms with Gasteiger partial charge >= 0.3 is 6.09 Å². The topological polar surface area (TPSA) is 44.1 Å². The van der Waals surface area contributed by atoms with Crippen molar-refractivity contribution in [2.75, 3.05) is 0 Å². The number of fused-ring (bicyclic) bond motifs is 1. The molecule has 0 spiro atoms. The first kappa shape index (κ1) is 15.8. The molecule has 3 aromatic rings. The molecule has 0 atom stereocenters. The lowest BCUT2D eigenvalue weighted by molar-refractivity contribution is 0.0542. The van der Waals surface area contributed by atoms with E-state index in [2.05, 4.69) is 16.8 Å². The smallest absolute Gasteiger partial charge is 0.421 e. The first-order valence-corrected chi connectivity index (χ1v) is 7.72.